The van der Waals surface area contributed by atoms with Crippen LogP contribution in [-0.2, 0) is 19.6 Å². The second-order valence-electron chi connectivity index (χ2n) is 8.37. The van der Waals surface area contributed by atoms with Crippen LogP contribution in [0, 0.1) is 19.8 Å². The molecule has 1 fully saturated rings. The monoisotopic (exact) mass is 501 g/mol. The number of aryl methyl sites for hydroxylation is 2. The third-order valence-electron chi connectivity index (χ3n) is 5.72. The fraction of sp³-hybridized carbons (Fsp3) is 0.333. The van der Waals surface area contributed by atoms with Crippen molar-refractivity contribution >= 4 is 38.1 Å². The van der Waals surface area contributed by atoms with Gasteiger partial charge in [-0.1, -0.05) is 23.5 Å². The second kappa shape index (κ2) is 10.1. The van der Waals surface area contributed by atoms with Crippen molar-refractivity contribution in [2.45, 2.75) is 38.0 Å². The van der Waals surface area contributed by atoms with Crippen molar-refractivity contribution in [1.82, 2.24) is 4.98 Å². The zero-order chi connectivity index (χ0) is 24.3. The van der Waals surface area contributed by atoms with E-state index in [0.717, 1.165) is 17.7 Å². The molecule has 1 aromatic heterocycles. The molecule has 0 unspecified atom stereocenters. The van der Waals surface area contributed by atoms with E-state index in [-0.39, 0.29) is 16.6 Å². The highest BCUT2D eigenvalue weighted by molar-refractivity contribution is 7.92. The Labute approximate surface area is 203 Å². The number of hydrogen-bond acceptors (Lipinski definition) is 7. The first kappa shape index (κ1) is 24.2. The summed E-state index contributed by atoms with van der Waals surface area (Å²) in [6.45, 7) is 4.96. The van der Waals surface area contributed by atoms with Crippen LogP contribution in [0.5, 0.6) is 5.75 Å². The van der Waals surface area contributed by atoms with Crippen LogP contribution in [0.3, 0.4) is 0 Å². The molecule has 4 rings (SSSR count). The lowest BCUT2D eigenvalue weighted by Crippen LogP contribution is -2.22. The van der Waals surface area contributed by atoms with E-state index < -0.39 is 10.0 Å². The highest BCUT2D eigenvalue weighted by atomic mass is 32.2. The molecule has 0 spiro atoms. The molecule has 0 radical (unpaired) electrons. The van der Waals surface area contributed by atoms with Gasteiger partial charge < -0.3 is 15.2 Å². The number of aromatic nitrogens is 1. The van der Waals surface area contributed by atoms with Gasteiger partial charge in [-0.2, -0.15) is 0 Å². The maximum Gasteiger partial charge on any atom is 0.262 e. The number of benzene rings is 2. The lowest BCUT2D eigenvalue weighted by Gasteiger charge is -2.20. The van der Waals surface area contributed by atoms with Gasteiger partial charge in [-0.15, -0.1) is 0 Å². The average molecular weight is 502 g/mol. The van der Waals surface area contributed by atoms with E-state index in [0.29, 0.717) is 53.2 Å². The minimum atomic E-state index is -3.86. The Morgan fingerprint density at radius 3 is 2.56 bits per heavy atom. The van der Waals surface area contributed by atoms with Gasteiger partial charge in [-0.05, 0) is 74.1 Å². The number of carbonyl (C=O) groups excluding carboxylic acids is 1. The number of sulfonamides is 1. The molecule has 1 aliphatic heterocycles. The first-order chi connectivity index (χ1) is 16.2. The number of hydrogen-bond donors (Lipinski definition) is 3. The molecule has 0 aliphatic carbocycles. The summed E-state index contributed by atoms with van der Waals surface area (Å²) in [6, 6.07) is 11.0. The molecule has 10 heteroatoms. The number of aromatic hydroxyl groups is 1. The Kier molecular flexibility index (Phi) is 7.20. The van der Waals surface area contributed by atoms with Gasteiger partial charge in [0.15, 0.2) is 5.13 Å². The number of phenols is 1. The summed E-state index contributed by atoms with van der Waals surface area (Å²) in [4.78, 5) is 17.9. The summed E-state index contributed by atoms with van der Waals surface area (Å²) in [6.07, 6.45) is 2.20. The number of nitrogens with zero attached hydrogens (tertiary/aromatic N) is 1. The standard InChI is InChI=1S/C24H27N3O5S2/c1-15-3-4-18(14-21(15)34(30,31)27-19-5-7-20(28)8-6-19)23-16(2)25-24(33-23)26-22(29)13-17-9-11-32-12-10-17/h3-8,14,17,27-28H,9-13H2,1-2H3,(H,25,26,29). The maximum atomic E-state index is 13.1. The number of anilines is 2. The summed E-state index contributed by atoms with van der Waals surface area (Å²) in [5, 5.41) is 12.8. The van der Waals surface area contributed by atoms with Gasteiger partial charge in [-0.25, -0.2) is 13.4 Å². The lowest BCUT2D eigenvalue weighted by atomic mass is 9.96. The summed E-state index contributed by atoms with van der Waals surface area (Å²) in [5.41, 5.74) is 2.37. The molecule has 8 nitrogen and oxygen atoms in total. The Morgan fingerprint density at radius 1 is 1.15 bits per heavy atom. The van der Waals surface area contributed by atoms with Gasteiger partial charge in [0.05, 0.1) is 15.5 Å². The van der Waals surface area contributed by atoms with Crippen molar-refractivity contribution < 1.29 is 23.1 Å². The Morgan fingerprint density at radius 2 is 1.85 bits per heavy atom. The molecule has 1 saturated heterocycles. The predicted molar refractivity (Wildman–Crippen MR) is 133 cm³/mol. The average Bonchev–Trinajstić information content (AvgIpc) is 3.15. The summed E-state index contributed by atoms with van der Waals surface area (Å²) in [5.74, 6) is 0.301. The molecule has 3 N–H and O–H groups in total. The van der Waals surface area contributed by atoms with Crippen molar-refractivity contribution in [2.75, 3.05) is 23.3 Å². The van der Waals surface area contributed by atoms with Crippen LogP contribution in [-0.4, -0.2) is 37.6 Å². The van der Waals surface area contributed by atoms with Crippen LogP contribution in [0.25, 0.3) is 10.4 Å². The first-order valence-electron chi connectivity index (χ1n) is 11.0. The van der Waals surface area contributed by atoms with Crippen molar-refractivity contribution in [2.24, 2.45) is 5.92 Å². The van der Waals surface area contributed by atoms with Crippen LogP contribution >= 0.6 is 11.3 Å². The van der Waals surface area contributed by atoms with E-state index in [9.17, 15) is 18.3 Å². The van der Waals surface area contributed by atoms with E-state index >= 15 is 0 Å². The fourth-order valence-electron chi connectivity index (χ4n) is 3.87. The summed E-state index contributed by atoms with van der Waals surface area (Å²) < 4.78 is 34.0. The third-order valence-corrected chi connectivity index (χ3v) is 8.36. The number of rotatable bonds is 7. The van der Waals surface area contributed by atoms with Gasteiger partial charge in [0.25, 0.3) is 10.0 Å². The van der Waals surface area contributed by atoms with Gasteiger partial charge in [0.2, 0.25) is 5.91 Å². The summed E-state index contributed by atoms with van der Waals surface area (Å²) in [7, 11) is -3.86. The van der Waals surface area contributed by atoms with E-state index in [4.69, 9.17) is 4.74 Å². The first-order valence-corrected chi connectivity index (χ1v) is 13.3. The van der Waals surface area contributed by atoms with Gasteiger partial charge in [-0.3, -0.25) is 9.52 Å². The van der Waals surface area contributed by atoms with Gasteiger partial charge in [0, 0.05) is 25.3 Å². The smallest absolute Gasteiger partial charge is 0.262 e. The Balaban J connectivity index is 1.53. The normalized spacial score (nSPS) is 14.6. The number of carbonyl (C=O) groups is 1. The van der Waals surface area contributed by atoms with Crippen molar-refractivity contribution in [1.29, 1.82) is 0 Å². The molecule has 2 aromatic carbocycles. The highest BCUT2D eigenvalue weighted by Crippen LogP contribution is 2.35. The molecule has 2 heterocycles. The SMILES string of the molecule is Cc1ccc(-c2sc(NC(=O)CC3CCOCC3)nc2C)cc1S(=O)(=O)Nc1ccc(O)cc1. The zero-order valence-electron chi connectivity index (χ0n) is 19.0. The number of ether oxygens (including phenoxy) is 1. The number of amides is 1. The van der Waals surface area contributed by atoms with E-state index in [2.05, 4.69) is 15.0 Å². The highest BCUT2D eigenvalue weighted by Gasteiger charge is 2.21. The molecular weight excluding hydrogens is 474 g/mol. The van der Waals surface area contributed by atoms with Crippen molar-refractivity contribution in [3.63, 3.8) is 0 Å². The minimum Gasteiger partial charge on any atom is -0.508 e. The van der Waals surface area contributed by atoms with Gasteiger partial charge in [0.1, 0.15) is 5.75 Å². The Bertz CT molecular complexity index is 1280. The molecule has 0 saturated carbocycles. The van der Waals surface area contributed by atoms with Crippen molar-refractivity contribution in [3.8, 4) is 16.2 Å². The predicted octanol–water partition coefficient (Wildman–Crippen LogP) is 4.69. The quantitative estimate of drug-likeness (QED) is 0.404. The molecular formula is C24H27N3O5S2. The third kappa shape index (κ3) is 5.75. The molecule has 34 heavy (non-hydrogen) atoms. The van der Waals surface area contributed by atoms with Gasteiger partial charge >= 0.3 is 0 Å². The van der Waals surface area contributed by atoms with Crippen molar-refractivity contribution in [3.05, 3.63) is 53.7 Å². The van der Waals surface area contributed by atoms with E-state index in [1.54, 1.807) is 19.1 Å². The molecule has 1 amide bonds. The maximum absolute atomic E-state index is 13.1. The van der Waals surface area contributed by atoms with Crippen LogP contribution in [0.15, 0.2) is 47.4 Å². The van der Waals surface area contributed by atoms with Crippen LogP contribution in [0.1, 0.15) is 30.5 Å². The molecule has 180 valence electrons. The molecule has 3 aromatic rings. The fourth-order valence-corrected chi connectivity index (χ4v) is 6.18. The second-order valence-corrected chi connectivity index (χ2v) is 11.0. The molecule has 0 atom stereocenters. The summed E-state index contributed by atoms with van der Waals surface area (Å²) >= 11 is 1.32. The lowest BCUT2D eigenvalue weighted by molar-refractivity contribution is -0.117. The number of nitrogens with one attached hydrogen (secondary N) is 2. The minimum absolute atomic E-state index is 0.0532. The van der Waals surface area contributed by atoms with Crippen LogP contribution in [0.4, 0.5) is 10.8 Å². The van der Waals surface area contributed by atoms with E-state index in [1.165, 1.54) is 35.6 Å². The largest absolute Gasteiger partial charge is 0.508 e. The topological polar surface area (TPSA) is 118 Å². The number of phenolic OH excluding ortho intramolecular Hbond substituents is 1. The zero-order valence-corrected chi connectivity index (χ0v) is 20.6. The van der Waals surface area contributed by atoms with Crippen LogP contribution in [0.2, 0.25) is 0 Å². The Hall–Kier alpha value is -2.95. The molecule has 1 aliphatic rings. The number of thiazole rings is 1. The molecule has 0 bridgehead atoms. The van der Waals surface area contributed by atoms with Crippen LogP contribution < -0.4 is 10.0 Å². The van der Waals surface area contributed by atoms with E-state index in [1.807, 2.05) is 13.0 Å².